The van der Waals surface area contributed by atoms with Crippen molar-refractivity contribution in [3.8, 4) is 5.75 Å². The highest BCUT2D eigenvalue weighted by molar-refractivity contribution is 6.03. The molecule has 1 aliphatic rings. The molecule has 0 spiro atoms. The summed E-state index contributed by atoms with van der Waals surface area (Å²) in [5.74, 6) is -0.417. The summed E-state index contributed by atoms with van der Waals surface area (Å²) in [4.78, 5) is 32.8. The summed E-state index contributed by atoms with van der Waals surface area (Å²) in [5.41, 5.74) is 2.67. The summed E-state index contributed by atoms with van der Waals surface area (Å²) in [7, 11) is 1.60. The average Bonchev–Trinajstić information content (AvgIpc) is 3.29. The molecule has 2 aromatic carbocycles. The van der Waals surface area contributed by atoms with Gasteiger partial charge in [-0.2, -0.15) is 5.10 Å². The second-order valence-corrected chi connectivity index (χ2v) is 6.81. The molecule has 1 atom stereocenters. The Hall–Kier alpha value is -4.07. The molecular formula is C23H20N4O4. The predicted octanol–water partition coefficient (Wildman–Crippen LogP) is 3.02. The first-order valence-electron chi connectivity index (χ1n) is 9.68. The van der Waals surface area contributed by atoms with Gasteiger partial charge >= 0.3 is 5.97 Å². The second kappa shape index (κ2) is 9.17. The van der Waals surface area contributed by atoms with Gasteiger partial charge in [0.15, 0.2) is 12.3 Å². The normalized spacial score (nSPS) is 15.3. The first-order valence-corrected chi connectivity index (χ1v) is 9.68. The van der Waals surface area contributed by atoms with Gasteiger partial charge in [0.25, 0.3) is 5.91 Å². The van der Waals surface area contributed by atoms with Crippen LogP contribution < -0.4 is 4.74 Å². The van der Waals surface area contributed by atoms with E-state index in [4.69, 9.17) is 9.47 Å². The summed E-state index contributed by atoms with van der Waals surface area (Å²) in [6.45, 7) is -0.451. The van der Waals surface area contributed by atoms with Crippen LogP contribution in [0.25, 0.3) is 0 Å². The maximum Gasteiger partial charge on any atom is 0.359 e. The predicted molar refractivity (Wildman–Crippen MR) is 112 cm³/mol. The van der Waals surface area contributed by atoms with E-state index >= 15 is 0 Å². The Morgan fingerprint density at radius 1 is 1.06 bits per heavy atom. The van der Waals surface area contributed by atoms with E-state index in [0.29, 0.717) is 6.42 Å². The van der Waals surface area contributed by atoms with Crippen LogP contribution in [0.1, 0.15) is 34.1 Å². The highest BCUT2D eigenvalue weighted by Gasteiger charge is 2.33. The number of methoxy groups -OCH3 is 1. The number of rotatable bonds is 6. The van der Waals surface area contributed by atoms with Gasteiger partial charge in [0.05, 0.1) is 25.1 Å². The maximum atomic E-state index is 12.9. The van der Waals surface area contributed by atoms with Crippen LogP contribution in [0.4, 0.5) is 0 Å². The summed E-state index contributed by atoms with van der Waals surface area (Å²) < 4.78 is 10.4. The average molecular weight is 416 g/mol. The van der Waals surface area contributed by atoms with E-state index in [9.17, 15) is 9.59 Å². The molecule has 0 fully saturated rings. The van der Waals surface area contributed by atoms with Crippen LogP contribution >= 0.6 is 0 Å². The van der Waals surface area contributed by atoms with Crippen LogP contribution in [0.5, 0.6) is 5.75 Å². The van der Waals surface area contributed by atoms with Crippen molar-refractivity contribution in [2.75, 3.05) is 13.7 Å². The number of benzene rings is 2. The molecule has 0 saturated heterocycles. The highest BCUT2D eigenvalue weighted by atomic mass is 16.5. The standard InChI is InChI=1S/C23H20N4O4/c1-30-18-9-7-17(8-10-18)21-13-19(16-5-3-2-4-6-16)26-27(21)22(28)15-31-23(29)20-14-24-11-12-25-20/h2-12,14,21H,13,15H2,1H3/t21-/m1/s1. The van der Waals surface area contributed by atoms with Gasteiger partial charge in [-0.3, -0.25) is 9.78 Å². The number of amides is 1. The van der Waals surface area contributed by atoms with Crippen molar-refractivity contribution < 1.29 is 19.1 Å². The molecule has 0 aliphatic carbocycles. The topological polar surface area (TPSA) is 94.0 Å². The molecule has 8 heteroatoms. The number of carbonyl (C=O) groups excluding carboxylic acids is 2. The number of esters is 1. The van der Waals surface area contributed by atoms with E-state index in [1.807, 2.05) is 54.6 Å². The molecular weight excluding hydrogens is 396 g/mol. The molecule has 1 aliphatic heterocycles. The second-order valence-electron chi connectivity index (χ2n) is 6.81. The molecule has 31 heavy (non-hydrogen) atoms. The van der Waals surface area contributed by atoms with E-state index in [1.165, 1.54) is 23.6 Å². The number of carbonyl (C=O) groups is 2. The Morgan fingerprint density at radius 3 is 2.52 bits per heavy atom. The lowest BCUT2D eigenvalue weighted by Gasteiger charge is -2.22. The fourth-order valence-corrected chi connectivity index (χ4v) is 3.30. The van der Waals surface area contributed by atoms with Crippen molar-refractivity contribution >= 4 is 17.6 Å². The van der Waals surface area contributed by atoms with Crippen molar-refractivity contribution in [2.24, 2.45) is 5.10 Å². The van der Waals surface area contributed by atoms with Crippen LogP contribution in [-0.2, 0) is 9.53 Å². The maximum absolute atomic E-state index is 12.9. The zero-order chi connectivity index (χ0) is 21.6. The van der Waals surface area contributed by atoms with Gasteiger partial charge in [-0.25, -0.2) is 14.8 Å². The zero-order valence-corrected chi connectivity index (χ0v) is 16.8. The Bertz CT molecular complexity index is 1090. The third kappa shape index (κ3) is 4.58. The summed E-state index contributed by atoms with van der Waals surface area (Å²) in [6, 6.07) is 16.8. The fourth-order valence-electron chi connectivity index (χ4n) is 3.30. The van der Waals surface area contributed by atoms with E-state index in [0.717, 1.165) is 22.6 Å². The van der Waals surface area contributed by atoms with Gasteiger partial charge in [-0.15, -0.1) is 0 Å². The number of aromatic nitrogens is 2. The Kier molecular flexibility index (Phi) is 5.98. The third-order valence-corrected chi connectivity index (χ3v) is 4.87. The monoisotopic (exact) mass is 416 g/mol. The lowest BCUT2D eigenvalue weighted by atomic mass is 9.98. The van der Waals surface area contributed by atoms with Crippen molar-refractivity contribution in [1.82, 2.24) is 15.0 Å². The van der Waals surface area contributed by atoms with Crippen LogP contribution in [0.15, 0.2) is 78.3 Å². The minimum atomic E-state index is -0.714. The van der Waals surface area contributed by atoms with E-state index in [1.54, 1.807) is 7.11 Å². The number of hydrogen-bond acceptors (Lipinski definition) is 7. The smallest absolute Gasteiger partial charge is 0.359 e. The minimum absolute atomic E-state index is 0.0388. The van der Waals surface area contributed by atoms with Gasteiger partial charge in [-0.1, -0.05) is 42.5 Å². The molecule has 1 aromatic heterocycles. The molecule has 156 valence electrons. The highest BCUT2D eigenvalue weighted by Crippen LogP contribution is 2.33. The molecule has 8 nitrogen and oxygen atoms in total. The van der Waals surface area contributed by atoms with Gasteiger partial charge < -0.3 is 9.47 Å². The van der Waals surface area contributed by atoms with E-state index in [-0.39, 0.29) is 11.7 Å². The van der Waals surface area contributed by atoms with Crippen LogP contribution in [0.2, 0.25) is 0 Å². The van der Waals surface area contributed by atoms with Gasteiger partial charge in [0, 0.05) is 18.8 Å². The zero-order valence-electron chi connectivity index (χ0n) is 16.8. The van der Waals surface area contributed by atoms with Crippen molar-refractivity contribution in [3.05, 3.63) is 90.0 Å². The molecule has 0 bridgehead atoms. The lowest BCUT2D eigenvalue weighted by molar-refractivity contribution is -0.136. The van der Waals surface area contributed by atoms with Crippen LogP contribution in [-0.4, -0.2) is 46.3 Å². The molecule has 0 radical (unpaired) electrons. The van der Waals surface area contributed by atoms with Crippen LogP contribution in [0.3, 0.4) is 0 Å². The molecule has 4 rings (SSSR count). The van der Waals surface area contributed by atoms with Gasteiger partial charge in [-0.05, 0) is 23.3 Å². The molecule has 0 saturated carbocycles. The Morgan fingerprint density at radius 2 is 1.84 bits per heavy atom. The van der Waals surface area contributed by atoms with E-state index in [2.05, 4.69) is 15.1 Å². The van der Waals surface area contributed by atoms with E-state index < -0.39 is 18.5 Å². The largest absolute Gasteiger partial charge is 0.497 e. The molecule has 2 heterocycles. The molecule has 1 amide bonds. The van der Waals surface area contributed by atoms with Crippen molar-refractivity contribution in [3.63, 3.8) is 0 Å². The number of hydrogen-bond donors (Lipinski definition) is 0. The molecule has 3 aromatic rings. The first-order chi connectivity index (χ1) is 15.2. The SMILES string of the molecule is COc1ccc([C@H]2CC(c3ccccc3)=NN2C(=O)COC(=O)c2cnccn2)cc1. The Labute approximate surface area is 179 Å². The summed E-state index contributed by atoms with van der Waals surface area (Å²) in [6.07, 6.45) is 4.66. The number of hydrazone groups is 1. The number of nitrogens with zero attached hydrogens (tertiary/aromatic N) is 4. The fraction of sp³-hybridized carbons (Fsp3) is 0.174. The molecule has 0 unspecified atom stereocenters. The Balaban J connectivity index is 1.54. The lowest BCUT2D eigenvalue weighted by Crippen LogP contribution is -2.31. The quantitative estimate of drug-likeness (QED) is 0.574. The summed E-state index contributed by atoms with van der Waals surface area (Å²) >= 11 is 0. The minimum Gasteiger partial charge on any atom is -0.497 e. The molecule has 0 N–H and O–H groups in total. The van der Waals surface area contributed by atoms with Crippen molar-refractivity contribution in [2.45, 2.75) is 12.5 Å². The third-order valence-electron chi connectivity index (χ3n) is 4.87. The van der Waals surface area contributed by atoms with Crippen LogP contribution in [0, 0.1) is 0 Å². The van der Waals surface area contributed by atoms with Gasteiger partial charge in [0.1, 0.15) is 5.75 Å². The first kappa shape index (κ1) is 20.2. The van der Waals surface area contributed by atoms with Gasteiger partial charge in [0.2, 0.25) is 0 Å². The summed E-state index contributed by atoms with van der Waals surface area (Å²) in [5, 5.41) is 5.94. The van der Waals surface area contributed by atoms with Crippen molar-refractivity contribution in [1.29, 1.82) is 0 Å². The number of ether oxygens (including phenoxy) is 2.